The van der Waals surface area contributed by atoms with Crippen LogP contribution in [0.3, 0.4) is 0 Å². The largest absolute Gasteiger partial charge is 0.357 e. The smallest absolute Gasteiger partial charge is 0.191 e. The second kappa shape index (κ2) is 12.8. The molecule has 0 radical (unpaired) electrons. The first-order chi connectivity index (χ1) is 13.4. The number of aryl methyl sites for hydroxylation is 3. The zero-order chi connectivity index (χ0) is 20.5. The molecule has 0 unspecified atom stereocenters. The van der Waals surface area contributed by atoms with Crippen LogP contribution >= 0.6 is 24.0 Å². The number of benzene rings is 1. The molecule has 1 aromatic heterocycles. The fourth-order valence-electron chi connectivity index (χ4n) is 3.04. The molecular weight excluding hydrogens is 482 g/mol. The van der Waals surface area contributed by atoms with Gasteiger partial charge in [-0.2, -0.15) is 5.10 Å². The Labute approximate surface area is 191 Å². The molecule has 0 spiro atoms. The molecule has 0 saturated heterocycles. The van der Waals surface area contributed by atoms with Crippen molar-refractivity contribution >= 4 is 29.9 Å². The lowest BCUT2D eigenvalue weighted by molar-refractivity contribution is 0.392. The molecule has 1 aromatic carbocycles. The van der Waals surface area contributed by atoms with Gasteiger partial charge in [-0.25, -0.2) is 9.38 Å². The maximum atomic E-state index is 13.9. The lowest BCUT2D eigenvalue weighted by atomic mass is 10.1. The van der Waals surface area contributed by atoms with Gasteiger partial charge in [0.25, 0.3) is 0 Å². The van der Waals surface area contributed by atoms with Gasteiger partial charge < -0.3 is 15.5 Å². The van der Waals surface area contributed by atoms with Crippen molar-refractivity contribution < 1.29 is 4.39 Å². The number of nitrogens with zero attached hydrogens (tertiary/aromatic N) is 4. The zero-order valence-electron chi connectivity index (χ0n) is 18.1. The Morgan fingerprint density at radius 1 is 1.21 bits per heavy atom. The highest BCUT2D eigenvalue weighted by atomic mass is 127. The lowest BCUT2D eigenvalue weighted by Crippen LogP contribution is -2.38. The molecule has 0 aliphatic heterocycles. The molecular formula is C21H34FIN6. The molecule has 2 N–H and O–H groups in total. The quantitative estimate of drug-likeness (QED) is 0.232. The summed E-state index contributed by atoms with van der Waals surface area (Å²) in [5, 5.41) is 11.1. The highest BCUT2D eigenvalue weighted by molar-refractivity contribution is 14.0. The lowest BCUT2D eigenvalue weighted by Gasteiger charge is -2.13. The number of nitrogens with one attached hydrogen (secondary N) is 2. The molecule has 0 aliphatic carbocycles. The minimum absolute atomic E-state index is 0. The molecule has 0 fully saturated rings. The van der Waals surface area contributed by atoms with Gasteiger partial charge in [0, 0.05) is 37.4 Å². The Hall–Kier alpha value is -1.68. The molecule has 2 aromatic rings. The SMILES string of the molecule is CCNC(=NCc1ccc(F)c(CN(C)C)c1)NCCCn1nc(C)cc1C.I. The third-order valence-electron chi connectivity index (χ3n) is 4.30. The predicted molar refractivity (Wildman–Crippen MR) is 128 cm³/mol. The molecule has 0 amide bonds. The number of hydrogen-bond donors (Lipinski definition) is 2. The normalized spacial score (nSPS) is 11.5. The molecule has 0 atom stereocenters. The van der Waals surface area contributed by atoms with E-state index >= 15 is 0 Å². The minimum Gasteiger partial charge on any atom is -0.357 e. The van der Waals surface area contributed by atoms with Crippen molar-refractivity contribution in [2.75, 3.05) is 27.2 Å². The fraction of sp³-hybridized carbons (Fsp3) is 0.524. The van der Waals surface area contributed by atoms with Crippen LogP contribution < -0.4 is 10.6 Å². The minimum atomic E-state index is -0.171. The van der Waals surface area contributed by atoms with Gasteiger partial charge in [0.15, 0.2) is 5.96 Å². The monoisotopic (exact) mass is 516 g/mol. The van der Waals surface area contributed by atoms with E-state index in [-0.39, 0.29) is 29.8 Å². The van der Waals surface area contributed by atoms with E-state index in [2.05, 4.69) is 33.7 Å². The standard InChI is InChI=1S/C21H33FN6.HI/c1-6-23-21(24-10-7-11-28-17(3)12-16(2)26-28)25-14-18-8-9-20(22)19(13-18)15-27(4)5;/h8-9,12-13H,6-7,10-11,14-15H2,1-5H3,(H2,23,24,25);1H. The molecule has 29 heavy (non-hydrogen) atoms. The summed E-state index contributed by atoms with van der Waals surface area (Å²) in [6.07, 6.45) is 0.954. The maximum Gasteiger partial charge on any atom is 0.191 e. The Morgan fingerprint density at radius 3 is 2.59 bits per heavy atom. The average molecular weight is 516 g/mol. The van der Waals surface area contributed by atoms with Crippen LogP contribution in [0.25, 0.3) is 0 Å². The van der Waals surface area contributed by atoms with E-state index in [9.17, 15) is 4.39 Å². The number of halogens is 2. The summed E-state index contributed by atoms with van der Waals surface area (Å²) in [6, 6.07) is 7.31. The first kappa shape index (κ1) is 25.4. The summed E-state index contributed by atoms with van der Waals surface area (Å²) in [4.78, 5) is 6.59. The molecule has 0 aliphatic rings. The van der Waals surface area contributed by atoms with E-state index in [1.807, 2.05) is 43.6 Å². The van der Waals surface area contributed by atoms with Crippen LogP contribution in [-0.2, 0) is 19.6 Å². The second-order valence-corrected chi connectivity index (χ2v) is 7.29. The van der Waals surface area contributed by atoms with E-state index in [1.54, 1.807) is 6.07 Å². The van der Waals surface area contributed by atoms with Gasteiger partial charge in [-0.05, 0) is 65.0 Å². The topological polar surface area (TPSA) is 57.5 Å². The molecule has 6 nitrogen and oxygen atoms in total. The van der Waals surface area contributed by atoms with Gasteiger partial charge >= 0.3 is 0 Å². The fourth-order valence-corrected chi connectivity index (χ4v) is 3.04. The Morgan fingerprint density at radius 2 is 1.97 bits per heavy atom. The second-order valence-electron chi connectivity index (χ2n) is 7.29. The molecule has 162 valence electrons. The van der Waals surface area contributed by atoms with E-state index in [4.69, 9.17) is 0 Å². The van der Waals surface area contributed by atoms with E-state index < -0.39 is 0 Å². The van der Waals surface area contributed by atoms with Gasteiger partial charge in [-0.1, -0.05) is 6.07 Å². The van der Waals surface area contributed by atoms with Crippen molar-refractivity contribution in [1.29, 1.82) is 0 Å². The third-order valence-corrected chi connectivity index (χ3v) is 4.30. The number of guanidine groups is 1. The molecule has 2 rings (SSSR count). The number of aromatic nitrogens is 2. The van der Waals surface area contributed by atoms with Gasteiger partial charge in [0.1, 0.15) is 5.82 Å². The summed E-state index contributed by atoms with van der Waals surface area (Å²) in [6.45, 7) is 9.68. The van der Waals surface area contributed by atoms with Gasteiger partial charge in [0.05, 0.1) is 12.2 Å². The highest BCUT2D eigenvalue weighted by Gasteiger charge is 2.06. The Bertz CT molecular complexity index is 787. The Balaban J connectivity index is 0.00000420. The van der Waals surface area contributed by atoms with Crippen LogP contribution in [0.15, 0.2) is 29.3 Å². The van der Waals surface area contributed by atoms with E-state index in [0.29, 0.717) is 18.7 Å². The third kappa shape index (κ3) is 8.69. The molecule has 0 bridgehead atoms. The molecule has 8 heteroatoms. The van der Waals surface area contributed by atoms with Crippen LogP contribution in [0.4, 0.5) is 4.39 Å². The predicted octanol–water partition coefficient (Wildman–Crippen LogP) is 3.46. The van der Waals surface area contributed by atoms with E-state index in [0.717, 1.165) is 43.3 Å². The van der Waals surface area contributed by atoms with Crippen LogP contribution in [0.5, 0.6) is 0 Å². The average Bonchev–Trinajstić information content (AvgIpc) is 2.95. The van der Waals surface area contributed by atoms with Crippen molar-refractivity contribution in [3.05, 3.63) is 52.6 Å². The van der Waals surface area contributed by atoms with Crippen LogP contribution in [-0.4, -0.2) is 47.8 Å². The summed E-state index contributed by atoms with van der Waals surface area (Å²) >= 11 is 0. The van der Waals surface area contributed by atoms with Gasteiger partial charge in [0.2, 0.25) is 0 Å². The maximum absolute atomic E-state index is 13.9. The first-order valence-corrected chi connectivity index (χ1v) is 9.84. The molecule has 0 saturated carbocycles. The van der Waals surface area contributed by atoms with Crippen molar-refractivity contribution in [2.45, 2.75) is 46.8 Å². The zero-order valence-corrected chi connectivity index (χ0v) is 20.5. The first-order valence-electron chi connectivity index (χ1n) is 9.84. The Kier molecular flexibility index (Phi) is 11.2. The van der Waals surface area contributed by atoms with E-state index in [1.165, 1.54) is 11.8 Å². The summed E-state index contributed by atoms with van der Waals surface area (Å²) in [5.41, 5.74) is 3.93. The van der Waals surface area contributed by atoms with Crippen molar-refractivity contribution in [2.24, 2.45) is 4.99 Å². The van der Waals surface area contributed by atoms with Crippen molar-refractivity contribution in [3.8, 4) is 0 Å². The number of rotatable bonds is 9. The van der Waals surface area contributed by atoms with Crippen molar-refractivity contribution in [1.82, 2.24) is 25.3 Å². The van der Waals surface area contributed by atoms with Crippen LogP contribution in [0.2, 0.25) is 0 Å². The summed E-state index contributed by atoms with van der Waals surface area (Å²) in [7, 11) is 3.87. The highest BCUT2D eigenvalue weighted by Crippen LogP contribution is 2.13. The van der Waals surface area contributed by atoms with Gasteiger partial charge in [-0.15, -0.1) is 24.0 Å². The molecule has 1 heterocycles. The summed E-state index contributed by atoms with van der Waals surface area (Å²) in [5.74, 6) is 0.602. The van der Waals surface area contributed by atoms with Gasteiger partial charge in [-0.3, -0.25) is 4.68 Å². The number of hydrogen-bond acceptors (Lipinski definition) is 3. The van der Waals surface area contributed by atoms with Crippen LogP contribution in [0, 0.1) is 19.7 Å². The van der Waals surface area contributed by atoms with Crippen LogP contribution in [0.1, 0.15) is 35.9 Å². The van der Waals surface area contributed by atoms with Crippen molar-refractivity contribution in [3.63, 3.8) is 0 Å². The summed E-state index contributed by atoms with van der Waals surface area (Å²) < 4.78 is 16.0. The number of aliphatic imine (C=N–C) groups is 1.